The Morgan fingerprint density at radius 1 is 1.22 bits per heavy atom. The molecule has 0 aromatic heterocycles. The monoisotopic (exact) mass is 258 g/mol. The minimum absolute atomic E-state index is 0.0642. The minimum Gasteiger partial charge on any atom is -0.457 e. The van der Waals surface area contributed by atoms with Gasteiger partial charge in [-0.2, -0.15) is 0 Å². The van der Waals surface area contributed by atoms with E-state index < -0.39 is 12.2 Å². The second-order valence-corrected chi connectivity index (χ2v) is 4.75. The molecule has 0 aromatic carbocycles. The minimum atomic E-state index is -0.642. The molecule has 2 aliphatic rings. The number of ether oxygens (including phenoxy) is 3. The van der Waals surface area contributed by atoms with Crippen molar-refractivity contribution in [3.05, 3.63) is 0 Å². The molecule has 0 unspecified atom stereocenters. The third-order valence-electron chi connectivity index (χ3n) is 3.17. The normalized spacial score (nSPS) is 34.3. The molecule has 0 aliphatic carbocycles. The summed E-state index contributed by atoms with van der Waals surface area (Å²) in [5.74, 6) is -0.287. The SMILES string of the molecule is CC(=O)CCCC(=O)O[C@H]1CO[C@H]2[C@@H]1OC[C@H]2O. The van der Waals surface area contributed by atoms with Gasteiger partial charge in [-0.3, -0.25) is 4.79 Å². The van der Waals surface area contributed by atoms with Crippen molar-refractivity contribution in [2.75, 3.05) is 13.2 Å². The van der Waals surface area contributed by atoms with E-state index in [0.29, 0.717) is 12.8 Å². The zero-order valence-electron chi connectivity index (χ0n) is 10.3. The summed E-state index contributed by atoms with van der Waals surface area (Å²) in [5.41, 5.74) is 0. The van der Waals surface area contributed by atoms with Gasteiger partial charge in [0.2, 0.25) is 0 Å². The molecule has 6 nitrogen and oxygen atoms in total. The van der Waals surface area contributed by atoms with Crippen LogP contribution in [0.1, 0.15) is 26.2 Å². The fourth-order valence-electron chi connectivity index (χ4n) is 2.25. The quantitative estimate of drug-likeness (QED) is 0.689. The topological polar surface area (TPSA) is 82.1 Å². The predicted molar refractivity (Wildman–Crippen MR) is 59.9 cm³/mol. The first-order chi connectivity index (χ1) is 8.58. The van der Waals surface area contributed by atoms with Gasteiger partial charge in [0, 0.05) is 12.8 Å². The van der Waals surface area contributed by atoms with Crippen molar-refractivity contribution < 1.29 is 28.9 Å². The van der Waals surface area contributed by atoms with Crippen LogP contribution < -0.4 is 0 Å². The number of Topliss-reactive ketones (excluding diaryl/α,β-unsaturated/α-hetero) is 1. The van der Waals surface area contributed by atoms with Gasteiger partial charge in [-0.1, -0.05) is 0 Å². The first kappa shape index (κ1) is 13.5. The molecule has 102 valence electrons. The summed E-state index contributed by atoms with van der Waals surface area (Å²) in [5, 5.41) is 9.53. The van der Waals surface area contributed by atoms with Crippen LogP contribution in [0.4, 0.5) is 0 Å². The Balaban J connectivity index is 1.73. The third kappa shape index (κ3) is 3.07. The summed E-state index contributed by atoms with van der Waals surface area (Å²) < 4.78 is 15.9. The lowest BCUT2D eigenvalue weighted by atomic mass is 10.1. The average molecular weight is 258 g/mol. The number of aliphatic hydroxyl groups excluding tert-OH is 1. The fraction of sp³-hybridized carbons (Fsp3) is 0.833. The van der Waals surface area contributed by atoms with Crippen LogP contribution >= 0.6 is 0 Å². The molecule has 0 radical (unpaired) electrons. The van der Waals surface area contributed by atoms with E-state index >= 15 is 0 Å². The van der Waals surface area contributed by atoms with Crippen molar-refractivity contribution in [3.8, 4) is 0 Å². The molecule has 0 spiro atoms. The maximum Gasteiger partial charge on any atom is 0.306 e. The van der Waals surface area contributed by atoms with Crippen LogP contribution in [-0.2, 0) is 23.8 Å². The molecule has 2 saturated heterocycles. The van der Waals surface area contributed by atoms with Crippen LogP contribution in [0.15, 0.2) is 0 Å². The van der Waals surface area contributed by atoms with Gasteiger partial charge in [0.15, 0.2) is 6.10 Å². The molecule has 2 aliphatic heterocycles. The molecule has 0 amide bonds. The average Bonchev–Trinajstić information content (AvgIpc) is 2.83. The number of carbonyl (C=O) groups is 2. The number of fused-ring (bicyclic) bond motifs is 1. The fourth-order valence-corrected chi connectivity index (χ4v) is 2.25. The van der Waals surface area contributed by atoms with Crippen molar-refractivity contribution in [2.45, 2.75) is 50.6 Å². The summed E-state index contributed by atoms with van der Waals surface area (Å²) >= 11 is 0. The van der Waals surface area contributed by atoms with Crippen molar-refractivity contribution >= 4 is 11.8 Å². The smallest absolute Gasteiger partial charge is 0.306 e. The van der Waals surface area contributed by atoms with Gasteiger partial charge in [-0.15, -0.1) is 0 Å². The van der Waals surface area contributed by atoms with Crippen LogP contribution in [-0.4, -0.2) is 54.5 Å². The number of esters is 1. The van der Waals surface area contributed by atoms with Gasteiger partial charge < -0.3 is 24.1 Å². The number of aliphatic hydroxyl groups is 1. The van der Waals surface area contributed by atoms with Gasteiger partial charge in [0.25, 0.3) is 0 Å². The second kappa shape index (κ2) is 5.77. The zero-order valence-corrected chi connectivity index (χ0v) is 10.3. The van der Waals surface area contributed by atoms with Crippen molar-refractivity contribution in [1.29, 1.82) is 0 Å². The zero-order chi connectivity index (χ0) is 13.1. The molecule has 2 heterocycles. The van der Waals surface area contributed by atoms with E-state index in [0.717, 1.165) is 0 Å². The summed E-state index contributed by atoms with van der Waals surface area (Å²) in [7, 11) is 0. The van der Waals surface area contributed by atoms with E-state index in [-0.39, 0.29) is 43.6 Å². The number of rotatable bonds is 5. The Morgan fingerprint density at radius 3 is 2.67 bits per heavy atom. The highest BCUT2D eigenvalue weighted by Crippen LogP contribution is 2.28. The van der Waals surface area contributed by atoms with Crippen LogP contribution in [0.25, 0.3) is 0 Å². The van der Waals surface area contributed by atoms with E-state index in [1.807, 2.05) is 0 Å². The Kier molecular flexibility index (Phi) is 4.31. The van der Waals surface area contributed by atoms with Gasteiger partial charge >= 0.3 is 5.97 Å². The molecule has 0 aromatic rings. The van der Waals surface area contributed by atoms with Crippen LogP contribution in [0, 0.1) is 0 Å². The number of carbonyl (C=O) groups excluding carboxylic acids is 2. The van der Waals surface area contributed by atoms with E-state index in [2.05, 4.69) is 0 Å². The highest BCUT2D eigenvalue weighted by atomic mass is 16.6. The van der Waals surface area contributed by atoms with Crippen molar-refractivity contribution in [3.63, 3.8) is 0 Å². The lowest BCUT2D eigenvalue weighted by molar-refractivity contribution is -0.153. The summed E-state index contributed by atoms with van der Waals surface area (Å²) in [6.45, 7) is 1.97. The Bertz CT molecular complexity index is 329. The molecule has 0 saturated carbocycles. The molecular weight excluding hydrogens is 240 g/mol. The van der Waals surface area contributed by atoms with E-state index in [9.17, 15) is 14.7 Å². The standard InChI is InChI=1S/C12H18O6/c1-7(13)3-2-4-10(15)18-9-6-17-11-8(14)5-16-12(9)11/h8-9,11-12,14H,2-6H2,1H3/t8-,9+,11-,12-/m1/s1. The molecule has 1 N–H and O–H groups in total. The molecule has 2 rings (SSSR count). The largest absolute Gasteiger partial charge is 0.457 e. The molecule has 2 fully saturated rings. The lowest BCUT2D eigenvalue weighted by Crippen LogP contribution is -2.34. The maximum absolute atomic E-state index is 11.5. The second-order valence-electron chi connectivity index (χ2n) is 4.75. The van der Waals surface area contributed by atoms with Crippen molar-refractivity contribution in [2.24, 2.45) is 0 Å². The molecule has 0 bridgehead atoms. The first-order valence-corrected chi connectivity index (χ1v) is 6.18. The molecule has 18 heavy (non-hydrogen) atoms. The summed E-state index contributed by atoms with van der Waals surface area (Å²) in [4.78, 5) is 22.3. The van der Waals surface area contributed by atoms with Gasteiger partial charge in [0.1, 0.15) is 24.1 Å². The third-order valence-corrected chi connectivity index (χ3v) is 3.17. The van der Waals surface area contributed by atoms with Gasteiger partial charge in [-0.05, 0) is 13.3 Å². The van der Waals surface area contributed by atoms with E-state index in [4.69, 9.17) is 14.2 Å². The molecular formula is C12H18O6. The van der Waals surface area contributed by atoms with Crippen LogP contribution in [0.3, 0.4) is 0 Å². The Morgan fingerprint density at radius 2 is 1.94 bits per heavy atom. The van der Waals surface area contributed by atoms with Gasteiger partial charge in [-0.25, -0.2) is 0 Å². The van der Waals surface area contributed by atoms with Crippen molar-refractivity contribution in [1.82, 2.24) is 0 Å². The number of hydrogen-bond donors (Lipinski definition) is 1. The number of ketones is 1. The summed E-state index contributed by atoms with van der Waals surface area (Å²) in [6.07, 6.45) is -0.738. The van der Waals surface area contributed by atoms with Crippen LogP contribution in [0.5, 0.6) is 0 Å². The highest BCUT2D eigenvalue weighted by molar-refractivity contribution is 5.76. The Hall–Kier alpha value is -0.980. The molecule has 4 atom stereocenters. The van der Waals surface area contributed by atoms with Gasteiger partial charge in [0.05, 0.1) is 13.2 Å². The van der Waals surface area contributed by atoms with Crippen LogP contribution in [0.2, 0.25) is 0 Å². The predicted octanol–water partition coefficient (Wildman–Crippen LogP) is -0.184. The lowest BCUT2D eigenvalue weighted by Gasteiger charge is -2.16. The highest BCUT2D eigenvalue weighted by Gasteiger charge is 2.48. The molecule has 6 heteroatoms. The first-order valence-electron chi connectivity index (χ1n) is 6.18. The number of hydrogen-bond acceptors (Lipinski definition) is 6. The summed E-state index contributed by atoms with van der Waals surface area (Å²) in [6, 6.07) is 0. The van der Waals surface area contributed by atoms with E-state index in [1.165, 1.54) is 6.92 Å². The maximum atomic E-state index is 11.5. The Labute approximate surface area is 105 Å². The van der Waals surface area contributed by atoms with E-state index in [1.54, 1.807) is 0 Å².